The average molecular weight is 420 g/mol. The van der Waals surface area contributed by atoms with Crippen molar-refractivity contribution in [1.29, 1.82) is 0 Å². The molecule has 0 radical (unpaired) electrons. The molecule has 1 aliphatic heterocycles. The fourth-order valence-electron chi connectivity index (χ4n) is 3.96. The molecule has 2 aromatic heterocycles. The van der Waals surface area contributed by atoms with E-state index in [-0.39, 0.29) is 11.8 Å². The van der Waals surface area contributed by atoms with Gasteiger partial charge in [0, 0.05) is 25.2 Å². The minimum Gasteiger partial charge on any atom is -0.352 e. The summed E-state index contributed by atoms with van der Waals surface area (Å²) in [6, 6.07) is 8.83. The van der Waals surface area contributed by atoms with Gasteiger partial charge in [0.15, 0.2) is 5.65 Å². The molecule has 0 saturated heterocycles. The third-order valence-corrected chi connectivity index (χ3v) is 5.53. The Balaban J connectivity index is 1.66. The highest BCUT2D eigenvalue weighted by molar-refractivity contribution is 6.13. The largest absolute Gasteiger partial charge is 0.352 e. The van der Waals surface area contributed by atoms with E-state index in [9.17, 15) is 9.59 Å². The molecule has 1 aromatic carbocycles. The second-order valence-corrected chi connectivity index (χ2v) is 8.58. The molecule has 3 aromatic rings. The standard InChI is InChI=1S/C24H29N5O2/c1-15(2)14-25-23(30)17-9-6-7-10-19(17)27-24(31)18-13-16(3)26-22-21(18)28-20-11-5-4-8-12-29(20)22/h6-7,9-10,13,15H,4-5,8,11-12,14H2,1-3H3,(H,25,30)(H,27,31). The van der Waals surface area contributed by atoms with E-state index in [0.717, 1.165) is 43.0 Å². The van der Waals surface area contributed by atoms with E-state index in [2.05, 4.69) is 20.2 Å². The molecule has 0 fully saturated rings. The quantitative estimate of drug-likeness (QED) is 0.651. The van der Waals surface area contributed by atoms with Gasteiger partial charge in [-0.15, -0.1) is 0 Å². The highest BCUT2D eigenvalue weighted by Crippen LogP contribution is 2.25. The van der Waals surface area contributed by atoms with Crippen LogP contribution in [0.5, 0.6) is 0 Å². The van der Waals surface area contributed by atoms with Crippen molar-refractivity contribution in [3.8, 4) is 0 Å². The Labute approximate surface area is 182 Å². The number of hydrogen-bond donors (Lipinski definition) is 2. The van der Waals surface area contributed by atoms with Crippen molar-refractivity contribution >= 4 is 28.7 Å². The van der Waals surface area contributed by atoms with Gasteiger partial charge in [0.2, 0.25) is 0 Å². The molecule has 3 heterocycles. The molecule has 0 saturated carbocycles. The van der Waals surface area contributed by atoms with E-state index in [1.165, 1.54) is 6.42 Å². The molecule has 31 heavy (non-hydrogen) atoms. The number of nitrogens with one attached hydrogen (secondary N) is 2. The van der Waals surface area contributed by atoms with Crippen LogP contribution in [-0.4, -0.2) is 32.9 Å². The lowest BCUT2D eigenvalue weighted by Gasteiger charge is -2.13. The van der Waals surface area contributed by atoms with Gasteiger partial charge in [-0.05, 0) is 43.9 Å². The van der Waals surface area contributed by atoms with Crippen LogP contribution in [0.25, 0.3) is 11.2 Å². The number of nitrogens with zero attached hydrogens (tertiary/aromatic N) is 3. The molecule has 7 heteroatoms. The number of anilines is 1. The van der Waals surface area contributed by atoms with E-state index >= 15 is 0 Å². The first kappa shape index (κ1) is 21.0. The number of fused-ring (bicyclic) bond motifs is 3. The van der Waals surface area contributed by atoms with Gasteiger partial charge in [0.1, 0.15) is 11.3 Å². The van der Waals surface area contributed by atoms with E-state index in [1.807, 2.05) is 20.8 Å². The number of carbonyl (C=O) groups is 2. The summed E-state index contributed by atoms with van der Waals surface area (Å²) in [6.07, 6.45) is 4.27. The van der Waals surface area contributed by atoms with Crippen LogP contribution in [0.2, 0.25) is 0 Å². The van der Waals surface area contributed by atoms with Crippen LogP contribution in [-0.2, 0) is 13.0 Å². The Morgan fingerprint density at radius 3 is 2.68 bits per heavy atom. The van der Waals surface area contributed by atoms with Gasteiger partial charge in [-0.25, -0.2) is 9.97 Å². The zero-order valence-electron chi connectivity index (χ0n) is 18.4. The minimum absolute atomic E-state index is 0.200. The maximum atomic E-state index is 13.3. The van der Waals surface area contributed by atoms with Crippen molar-refractivity contribution in [2.75, 3.05) is 11.9 Å². The predicted molar refractivity (Wildman–Crippen MR) is 121 cm³/mol. The van der Waals surface area contributed by atoms with Crippen LogP contribution in [0.3, 0.4) is 0 Å². The lowest BCUT2D eigenvalue weighted by molar-refractivity contribution is 0.0950. The summed E-state index contributed by atoms with van der Waals surface area (Å²) in [7, 11) is 0. The zero-order valence-corrected chi connectivity index (χ0v) is 18.4. The van der Waals surface area contributed by atoms with Crippen LogP contribution >= 0.6 is 0 Å². The number of carbonyl (C=O) groups excluding carboxylic acids is 2. The number of aromatic nitrogens is 3. The van der Waals surface area contributed by atoms with E-state index in [0.29, 0.717) is 34.8 Å². The Hall–Kier alpha value is -3.22. The second kappa shape index (κ2) is 8.88. The molecule has 0 spiro atoms. The number of pyridine rings is 1. The van der Waals surface area contributed by atoms with Crippen LogP contribution in [0, 0.1) is 12.8 Å². The first-order valence-electron chi connectivity index (χ1n) is 11.0. The van der Waals surface area contributed by atoms with Crippen LogP contribution in [0.1, 0.15) is 65.3 Å². The summed E-state index contributed by atoms with van der Waals surface area (Å²) in [5.41, 5.74) is 3.58. The summed E-state index contributed by atoms with van der Waals surface area (Å²) in [6.45, 7) is 7.42. The fraction of sp³-hybridized carbons (Fsp3) is 0.417. The maximum absolute atomic E-state index is 13.3. The number of hydrogen-bond acceptors (Lipinski definition) is 4. The van der Waals surface area contributed by atoms with Crippen molar-refractivity contribution in [3.05, 3.63) is 53.0 Å². The van der Waals surface area contributed by atoms with Crippen LogP contribution in [0.4, 0.5) is 5.69 Å². The van der Waals surface area contributed by atoms with Gasteiger partial charge >= 0.3 is 0 Å². The maximum Gasteiger partial charge on any atom is 0.258 e. The second-order valence-electron chi connectivity index (χ2n) is 8.58. The number of imidazole rings is 1. The highest BCUT2D eigenvalue weighted by atomic mass is 16.2. The van der Waals surface area contributed by atoms with Gasteiger partial charge in [-0.1, -0.05) is 32.4 Å². The van der Waals surface area contributed by atoms with Crippen molar-refractivity contribution in [3.63, 3.8) is 0 Å². The molecule has 7 nitrogen and oxygen atoms in total. The summed E-state index contributed by atoms with van der Waals surface area (Å²) in [4.78, 5) is 35.4. The van der Waals surface area contributed by atoms with Gasteiger partial charge in [-0.2, -0.15) is 0 Å². The predicted octanol–water partition coefficient (Wildman–Crippen LogP) is 4.10. The molecule has 162 valence electrons. The minimum atomic E-state index is -0.284. The first-order chi connectivity index (χ1) is 14.9. The van der Waals surface area contributed by atoms with Crippen molar-refractivity contribution in [2.24, 2.45) is 5.92 Å². The Bertz CT molecular complexity index is 1130. The molecule has 2 N–H and O–H groups in total. The molecule has 0 atom stereocenters. The highest BCUT2D eigenvalue weighted by Gasteiger charge is 2.22. The normalized spacial score (nSPS) is 13.7. The fourth-order valence-corrected chi connectivity index (χ4v) is 3.96. The third kappa shape index (κ3) is 4.45. The topological polar surface area (TPSA) is 88.9 Å². The Morgan fingerprint density at radius 2 is 1.87 bits per heavy atom. The zero-order chi connectivity index (χ0) is 22.0. The molecule has 4 rings (SSSR count). The lowest BCUT2D eigenvalue weighted by atomic mass is 10.1. The van der Waals surface area contributed by atoms with Crippen molar-refractivity contribution in [2.45, 2.75) is 53.0 Å². The van der Waals surface area contributed by atoms with Crippen LogP contribution in [0.15, 0.2) is 30.3 Å². The smallest absolute Gasteiger partial charge is 0.258 e. The van der Waals surface area contributed by atoms with Gasteiger partial charge in [0.05, 0.1) is 16.8 Å². The Morgan fingerprint density at radius 1 is 1.06 bits per heavy atom. The molecule has 0 aliphatic carbocycles. The monoisotopic (exact) mass is 419 g/mol. The summed E-state index contributed by atoms with van der Waals surface area (Å²) in [5.74, 6) is 0.852. The third-order valence-electron chi connectivity index (χ3n) is 5.53. The first-order valence-corrected chi connectivity index (χ1v) is 11.0. The molecule has 2 amide bonds. The molecular weight excluding hydrogens is 390 g/mol. The Kier molecular flexibility index (Phi) is 6.02. The molecule has 0 bridgehead atoms. The van der Waals surface area contributed by atoms with Crippen molar-refractivity contribution in [1.82, 2.24) is 19.9 Å². The lowest BCUT2D eigenvalue weighted by Crippen LogP contribution is -2.28. The van der Waals surface area contributed by atoms with Crippen LogP contribution < -0.4 is 10.6 Å². The summed E-state index contributed by atoms with van der Waals surface area (Å²) < 4.78 is 2.15. The molecule has 0 unspecified atom stereocenters. The van der Waals surface area contributed by atoms with Crippen molar-refractivity contribution < 1.29 is 9.59 Å². The molecular formula is C24H29N5O2. The van der Waals surface area contributed by atoms with E-state index in [1.54, 1.807) is 30.3 Å². The number of benzene rings is 1. The SMILES string of the molecule is Cc1cc(C(=O)Nc2ccccc2C(=O)NCC(C)C)c2nc3n(c2n1)CCCCC3. The van der Waals surface area contributed by atoms with E-state index < -0.39 is 0 Å². The number of rotatable bonds is 5. The van der Waals surface area contributed by atoms with Gasteiger partial charge in [0.25, 0.3) is 11.8 Å². The van der Waals surface area contributed by atoms with E-state index in [4.69, 9.17) is 4.98 Å². The van der Waals surface area contributed by atoms with Gasteiger partial charge < -0.3 is 15.2 Å². The molecule has 1 aliphatic rings. The summed E-state index contributed by atoms with van der Waals surface area (Å²) in [5, 5.41) is 5.84. The average Bonchev–Trinajstić information content (AvgIpc) is 2.92. The van der Waals surface area contributed by atoms with Gasteiger partial charge in [-0.3, -0.25) is 9.59 Å². The number of amides is 2. The number of para-hydroxylation sites is 1. The summed E-state index contributed by atoms with van der Waals surface area (Å²) >= 11 is 0. The number of aryl methyl sites for hydroxylation is 3.